The number of aromatic nitrogens is 3. The fourth-order valence-corrected chi connectivity index (χ4v) is 2.56. The van der Waals surface area contributed by atoms with Crippen molar-refractivity contribution in [2.45, 2.75) is 20.0 Å². The number of aliphatic hydroxyl groups is 1. The standard InChI is InChI=1S/C16H16N4O3/c1-9-5-11(8-21)12-4-2-3-10(16(12)17-9)6-14(22)18-13-7-15(23)20-19-13/h2-5,7,21H,6,8H2,1H3,(H3,18,19,20,22,23). The molecular formula is C16H16N4O3. The number of nitrogens with zero attached hydrogens (tertiary/aromatic N) is 1. The molecule has 2 heterocycles. The first-order chi connectivity index (χ1) is 11.1. The van der Waals surface area contributed by atoms with Gasteiger partial charge in [0.1, 0.15) is 5.82 Å². The number of aryl methyl sites for hydroxylation is 1. The molecule has 118 valence electrons. The van der Waals surface area contributed by atoms with Gasteiger partial charge < -0.3 is 10.4 Å². The van der Waals surface area contributed by atoms with E-state index in [0.29, 0.717) is 11.3 Å². The number of aliphatic hydroxyl groups excluding tert-OH is 1. The fraction of sp³-hybridized carbons (Fsp3) is 0.188. The molecule has 7 heteroatoms. The molecule has 0 saturated carbocycles. The van der Waals surface area contributed by atoms with Crippen LogP contribution in [0.1, 0.15) is 16.8 Å². The molecule has 3 aromatic rings. The third-order valence-corrected chi connectivity index (χ3v) is 3.53. The number of carbonyl (C=O) groups is 1. The lowest BCUT2D eigenvalue weighted by Gasteiger charge is -2.10. The topological polar surface area (TPSA) is 111 Å². The average Bonchev–Trinajstić information content (AvgIpc) is 2.92. The number of carbonyl (C=O) groups excluding carboxylic acids is 1. The molecule has 0 saturated heterocycles. The van der Waals surface area contributed by atoms with Crippen molar-refractivity contribution in [2.75, 3.05) is 5.32 Å². The van der Waals surface area contributed by atoms with Crippen LogP contribution in [-0.4, -0.2) is 26.2 Å². The van der Waals surface area contributed by atoms with E-state index < -0.39 is 0 Å². The summed E-state index contributed by atoms with van der Waals surface area (Å²) >= 11 is 0. The molecule has 2 aromatic heterocycles. The number of H-pyrrole nitrogens is 2. The van der Waals surface area contributed by atoms with E-state index in [4.69, 9.17) is 0 Å². The normalized spacial score (nSPS) is 10.9. The highest BCUT2D eigenvalue weighted by Gasteiger charge is 2.11. The number of nitrogens with one attached hydrogen (secondary N) is 3. The first-order valence-corrected chi connectivity index (χ1v) is 7.13. The molecule has 7 nitrogen and oxygen atoms in total. The predicted molar refractivity (Wildman–Crippen MR) is 86.1 cm³/mol. The van der Waals surface area contributed by atoms with E-state index in [-0.39, 0.29) is 24.5 Å². The van der Waals surface area contributed by atoms with Crippen LogP contribution in [0.2, 0.25) is 0 Å². The number of pyridine rings is 1. The van der Waals surface area contributed by atoms with Crippen molar-refractivity contribution in [1.82, 2.24) is 15.2 Å². The maximum atomic E-state index is 12.2. The summed E-state index contributed by atoms with van der Waals surface area (Å²) < 4.78 is 0. The minimum absolute atomic E-state index is 0.0832. The van der Waals surface area contributed by atoms with Gasteiger partial charge in [0, 0.05) is 17.1 Å². The summed E-state index contributed by atoms with van der Waals surface area (Å²) in [5.74, 6) is 0.0574. The minimum atomic E-state index is -0.310. The highest BCUT2D eigenvalue weighted by Crippen LogP contribution is 2.22. The summed E-state index contributed by atoms with van der Waals surface area (Å²) in [4.78, 5) is 27.7. The van der Waals surface area contributed by atoms with Crippen molar-refractivity contribution in [3.63, 3.8) is 0 Å². The van der Waals surface area contributed by atoms with Crippen LogP contribution in [0.5, 0.6) is 0 Å². The van der Waals surface area contributed by atoms with Crippen LogP contribution in [0.15, 0.2) is 35.1 Å². The van der Waals surface area contributed by atoms with E-state index in [1.165, 1.54) is 6.07 Å². The van der Waals surface area contributed by atoms with Crippen LogP contribution in [-0.2, 0) is 17.8 Å². The van der Waals surface area contributed by atoms with Crippen LogP contribution in [0, 0.1) is 6.92 Å². The van der Waals surface area contributed by atoms with Crippen LogP contribution >= 0.6 is 0 Å². The van der Waals surface area contributed by atoms with Crippen molar-refractivity contribution < 1.29 is 9.90 Å². The Hall–Kier alpha value is -2.93. The lowest BCUT2D eigenvalue weighted by molar-refractivity contribution is -0.115. The summed E-state index contributed by atoms with van der Waals surface area (Å²) in [6.07, 6.45) is 0.117. The fourth-order valence-electron chi connectivity index (χ4n) is 2.56. The second-order valence-corrected chi connectivity index (χ2v) is 5.29. The summed E-state index contributed by atoms with van der Waals surface area (Å²) in [5, 5.41) is 17.9. The summed E-state index contributed by atoms with van der Waals surface area (Å²) in [7, 11) is 0. The lowest BCUT2D eigenvalue weighted by atomic mass is 10.0. The zero-order valence-electron chi connectivity index (χ0n) is 12.5. The molecule has 3 rings (SSSR count). The Morgan fingerprint density at radius 1 is 1.26 bits per heavy atom. The Balaban J connectivity index is 1.92. The second kappa shape index (κ2) is 6.05. The van der Waals surface area contributed by atoms with E-state index >= 15 is 0 Å². The smallest absolute Gasteiger partial charge is 0.266 e. The molecule has 4 N–H and O–H groups in total. The van der Waals surface area contributed by atoms with Gasteiger partial charge >= 0.3 is 0 Å². The van der Waals surface area contributed by atoms with E-state index in [2.05, 4.69) is 20.5 Å². The molecule has 0 unspecified atom stereocenters. The number of hydrogen-bond donors (Lipinski definition) is 4. The Bertz CT molecular complexity index is 926. The average molecular weight is 312 g/mol. The zero-order valence-corrected chi connectivity index (χ0v) is 12.5. The minimum Gasteiger partial charge on any atom is -0.392 e. The van der Waals surface area contributed by atoms with Gasteiger partial charge in [-0.2, -0.15) is 0 Å². The van der Waals surface area contributed by atoms with Gasteiger partial charge in [0.25, 0.3) is 5.56 Å². The number of rotatable bonds is 4. The van der Waals surface area contributed by atoms with Crippen molar-refractivity contribution in [1.29, 1.82) is 0 Å². The molecule has 0 atom stereocenters. The van der Waals surface area contributed by atoms with Gasteiger partial charge in [-0.15, -0.1) is 0 Å². The van der Waals surface area contributed by atoms with Gasteiger partial charge in [-0.1, -0.05) is 18.2 Å². The van der Waals surface area contributed by atoms with Gasteiger partial charge in [-0.3, -0.25) is 24.8 Å². The van der Waals surface area contributed by atoms with Crippen LogP contribution in [0.4, 0.5) is 5.82 Å². The third-order valence-electron chi connectivity index (χ3n) is 3.53. The highest BCUT2D eigenvalue weighted by molar-refractivity contribution is 5.95. The number of fused-ring (bicyclic) bond motifs is 1. The Labute approximate surface area is 131 Å². The lowest BCUT2D eigenvalue weighted by Crippen LogP contribution is -2.15. The number of para-hydroxylation sites is 1. The number of amides is 1. The van der Waals surface area contributed by atoms with E-state index in [1.54, 1.807) is 0 Å². The summed E-state index contributed by atoms with van der Waals surface area (Å²) in [6, 6.07) is 8.64. The van der Waals surface area contributed by atoms with Gasteiger partial charge in [-0.25, -0.2) is 0 Å². The van der Waals surface area contributed by atoms with Crippen molar-refractivity contribution in [2.24, 2.45) is 0 Å². The van der Waals surface area contributed by atoms with Crippen molar-refractivity contribution >= 4 is 22.6 Å². The van der Waals surface area contributed by atoms with Crippen molar-refractivity contribution in [3.8, 4) is 0 Å². The quantitative estimate of drug-likeness (QED) is 0.580. The highest BCUT2D eigenvalue weighted by atomic mass is 16.3. The Kier molecular flexibility index (Phi) is 3.94. The molecule has 0 aliphatic carbocycles. The summed E-state index contributed by atoms with van der Waals surface area (Å²) in [5.41, 5.74) is 2.72. The SMILES string of the molecule is Cc1cc(CO)c2cccc(CC(=O)Nc3cc(=O)[nH][nH]3)c2n1. The first-order valence-electron chi connectivity index (χ1n) is 7.13. The molecular weight excluding hydrogens is 296 g/mol. The third kappa shape index (κ3) is 3.14. The number of benzene rings is 1. The van der Waals surface area contributed by atoms with Crippen LogP contribution in [0.3, 0.4) is 0 Å². The molecule has 1 aromatic carbocycles. The van der Waals surface area contributed by atoms with Gasteiger partial charge in [0.15, 0.2) is 0 Å². The van der Waals surface area contributed by atoms with Gasteiger partial charge in [0.2, 0.25) is 5.91 Å². The molecule has 1 amide bonds. The van der Waals surface area contributed by atoms with Gasteiger partial charge in [0.05, 0.1) is 18.5 Å². The second-order valence-electron chi connectivity index (χ2n) is 5.29. The van der Waals surface area contributed by atoms with Crippen LogP contribution in [0.25, 0.3) is 10.9 Å². The molecule has 0 radical (unpaired) electrons. The monoisotopic (exact) mass is 312 g/mol. The molecule has 0 fully saturated rings. The molecule has 0 aliphatic heterocycles. The molecule has 0 spiro atoms. The Morgan fingerprint density at radius 2 is 2.09 bits per heavy atom. The molecule has 0 aliphatic rings. The maximum absolute atomic E-state index is 12.2. The van der Waals surface area contributed by atoms with Crippen molar-refractivity contribution in [3.05, 3.63) is 57.5 Å². The number of aromatic amines is 2. The number of anilines is 1. The van der Waals surface area contributed by atoms with E-state index in [0.717, 1.165) is 22.2 Å². The molecule has 23 heavy (non-hydrogen) atoms. The maximum Gasteiger partial charge on any atom is 0.266 e. The first kappa shape index (κ1) is 15.0. The Morgan fingerprint density at radius 3 is 2.78 bits per heavy atom. The predicted octanol–water partition coefficient (Wildman–Crippen LogP) is 1.23. The molecule has 0 bridgehead atoms. The van der Waals surface area contributed by atoms with Crippen LogP contribution < -0.4 is 10.9 Å². The van der Waals surface area contributed by atoms with Gasteiger partial charge in [-0.05, 0) is 24.1 Å². The van der Waals surface area contributed by atoms with E-state index in [9.17, 15) is 14.7 Å². The van der Waals surface area contributed by atoms with E-state index in [1.807, 2.05) is 31.2 Å². The zero-order chi connectivity index (χ0) is 16.4. The number of hydrogen-bond acceptors (Lipinski definition) is 4. The largest absolute Gasteiger partial charge is 0.392 e. The summed E-state index contributed by atoms with van der Waals surface area (Å²) in [6.45, 7) is 1.76.